The molecule has 1 aromatic rings. The second-order valence-electron chi connectivity index (χ2n) is 5.22. The molecule has 7 heteroatoms. The van der Waals surface area contributed by atoms with Crippen LogP contribution in [0.25, 0.3) is 0 Å². The molecule has 1 aromatic carbocycles. The number of amides is 1. The molecule has 21 heavy (non-hydrogen) atoms. The molecule has 0 saturated carbocycles. The molecule has 0 radical (unpaired) electrons. The van der Waals surface area contributed by atoms with Crippen LogP contribution in [0.2, 0.25) is 0 Å². The van der Waals surface area contributed by atoms with Crippen molar-refractivity contribution in [2.24, 2.45) is 16.8 Å². The Morgan fingerprint density at radius 1 is 1.33 bits per heavy atom. The van der Waals surface area contributed by atoms with Gasteiger partial charge in [0.15, 0.2) is 0 Å². The summed E-state index contributed by atoms with van der Waals surface area (Å²) >= 11 is 0. The number of nitrogens with two attached hydrogens (primary N) is 2. The first-order valence-corrected chi connectivity index (χ1v) is 8.37. The lowest BCUT2D eigenvalue weighted by Crippen LogP contribution is -2.22. The highest BCUT2D eigenvalue weighted by Gasteiger charge is 2.16. The van der Waals surface area contributed by atoms with Crippen LogP contribution < -0.4 is 16.2 Å². The summed E-state index contributed by atoms with van der Waals surface area (Å²) in [6.07, 6.45) is 1.13. The molecule has 1 rings (SSSR count). The van der Waals surface area contributed by atoms with Gasteiger partial charge in [0, 0.05) is 12.1 Å². The molecule has 0 aliphatic rings. The van der Waals surface area contributed by atoms with Crippen LogP contribution in [0, 0.1) is 19.8 Å². The Labute approximate surface area is 126 Å². The van der Waals surface area contributed by atoms with E-state index < -0.39 is 10.0 Å². The van der Waals surface area contributed by atoms with Crippen LogP contribution in [0.5, 0.6) is 0 Å². The molecule has 6 nitrogen and oxygen atoms in total. The van der Waals surface area contributed by atoms with E-state index in [1.807, 2.05) is 13.8 Å². The van der Waals surface area contributed by atoms with Gasteiger partial charge in [-0.15, -0.1) is 0 Å². The monoisotopic (exact) mass is 313 g/mol. The number of hydrogen-bond acceptors (Lipinski definition) is 4. The molecule has 0 saturated heterocycles. The molecule has 5 N–H and O–H groups in total. The van der Waals surface area contributed by atoms with E-state index in [4.69, 9.17) is 10.9 Å². The van der Waals surface area contributed by atoms with Crippen molar-refractivity contribution in [1.82, 2.24) is 0 Å². The number of sulfonamides is 1. The van der Waals surface area contributed by atoms with Gasteiger partial charge in [0.05, 0.1) is 4.90 Å². The fourth-order valence-corrected chi connectivity index (χ4v) is 2.60. The zero-order valence-electron chi connectivity index (χ0n) is 12.6. The number of carbonyl (C=O) groups is 1. The Hall–Kier alpha value is -1.44. The molecule has 1 atom stereocenters. The quantitative estimate of drug-likeness (QED) is 0.733. The minimum Gasteiger partial charge on any atom is -0.330 e. The van der Waals surface area contributed by atoms with E-state index in [9.17, 15) is 13.2 Å². The van der Waals surface area contributed by atoms with Crippen molar-refractivity contribution in [3.8, 4) is 0 Å². The lowest BCUT2D eigenvalue weighted by Gasteiger charge is -2.15. The summed E-state index contributed by atoms with van der Waals surface area (Å²) in [6.45, 7) is 6.01. The molecular weight excluding hydrogens is 290 g/mol. The van der Waals surface area contributed by atoms with Crippen molar-refractivity contribution >= 4 is 21.6 Å². The Morgan fingerprint density at radius 3 is 2.43 bits per heavy atom. The fourth-order valence-electron chi connectivity index (χ4n) is 1.98. The van der Waals surface area contributed by atoms with Crippen LogP contribution >= 0.6 is 0 Å². The van der Waals surface area contributed by atoms with Crippen LogP contribution in [0.15, 0.2) is 17.0 Å². The largest absolute Gasteiger partial charge is 0.330 e. The molecule has 0 spiro atoms. The predicted molar refractivity (Wildman–Crippen MR) is 83.4 cm³/mol. The third-order valence-corrected chi connectivity index (χ3v) is 4.52. The predicted octanol–water partition coefficient (Wildman–Crippen LogP) is 1.26. The Kier molecular flexibility index (Phi) is 5.88. The maximum atomic E-state index is 12.0. The Bertz CT molecular complexity index is 623. The first-order valence-electron chi connectivity index (χ1n) is 6.83. The van der Waals surface area contributed by atoms with E-state index in [1.165, 1.54) is 12.1 Å². The number of benzene rings is 1. The molecule has 0 heterocycles. The molecule has 0 bridgehead atoms. The molecule has 118 valence electrons. The number of hydrogen-bond donors (Lipinski definition) is 3. The number of anilines is 1. The number of rotatable bonds is 6. The Balaban J connectivity index is 3.03. The van der Waals surface area contributed by atoms with Gasteiger partial charge in [-0.25, -0.2) is 13.6 Å². The minimum atomic E-state index is -3.80. The highest BCUT2D eigenvalue weighted by molar-refractivity contribution is 7.89. The topological polar surface area (TPSA) is 115 Å². The number of nitrogens with one attached hydrogen (secondary N) is 1. The van der Waals surface area contributed by atoms with Crippen molar-refractivity contribution in [3.05, 3.63) is 23.3 Å². The molecular formula is C14H23N3O3S. The zero-order valence-corrected chi connectivity index (χ0v) is 13.5. The summed E-state index contributed by atoms with van der Waals surface area (Å²) in [5, 5.41) is 7.89. The minimum absolute atomic E-state index is 0.00762. The van der Waals surface area contributed by atoms with Crippen molar-refractivity contribution in [3.63, 3.8) is 0 Å². The van der Waals surface area contributed by atoms with E-state index in [0.29, 0.717) is 18.7 Å². The number of primary sulfonamides is 1. The van der Waals surface area contributed by atoms with Gasteiger partial charge in [-0.05, 0) is 49.6 Å². The first-order chi connectivity index (χ1) is 9.68. The van der Waals surface area contributed by atoms with Crippen LogP contribution in [-0.2, 0) is 14.8 Å². The summed E-state index contributed by atoms with van der Waals surface area (Å²) in [5.74, 6) is -0.0609. The normalized spacial score (nSPS) is 13.0. The molecule has 1 amide bonds. The summed E-state index contributed by atoms with van der Waals surface area (Å²) in [7, 11) is -3.80. The van der Waals surface area contributed by atoms with Gasteiger partial charge in [0.2, 0.25) is 15.9 Å². The number of carbonyl (C=O) groups excluding carboxylic acids is 1. The van der Waals surface area contributed by atoms with Gasteiger partial charge in [0.25, 0.3) is 0 Å². The molecule has 0 aromatic heterocycles. The highest BCUT2D eigenvalue weighted by atomic mass is 32.2. The van der Waals surface area contributed by atoms with Gasteiger partial charge in [-0.1, -0.05) is 13.3 Å². The van der Waals surface area contributed by atoms with Crippen molar-refractivity contribution in [1.29, 1.82) is 0 Å². The lowest BCUT2D eigenvalue weighted by atomic mass is 10.0. The average Bonchev–Trinajstić information content (AvgIpc) is 2.39. The number of aryl methyl sites for hydroxylation is 1. The van der Waals surface area contributed by atoms with E-state index >= 15 is 0 Å². The Morgan fingerprint density at radius 2 is 1.95 bits per heavy atom. The smallest absolute Gasteiger partial charge is 0.238 e. The van der Waals surface area contributed by atoms with Crippen LogP contribution in [0.3, 0.4) is 0 Å². The van der Waals surface area contributed by atoms with Crippen molar-refractivity contribution < 1.29 is 13.2 Å². The third-order valence-electron chi connectivity index (χ3n) is 3.63. The maximum absolute atomic E-state index is 12.0. The molecule has 0 aliphatic heterocycles. The maximum Gasteiger partial charge on any atom is 0.238 e. The summed E-state index contributed by atoms with van der Waals surface area (Å²) in [6, 6.07) is 2.88. The van der Waals surface area contributed by atoms with Gasteiger partial charge < -0.3 is 11.1 Å². The zero-order chi connectivity index (χ0) is 16.2. The van der Waals surface area contributed by atoms with Crippen molar-refractivity contribution in [2.45, 2.75) is 38.5 Å². The second-order valence-corrected chi connectivity index (χ2v) is 6.78. The summed E-state index contributed by atoms with van der Waals surface area (Å²) in [4.78, 5) is 12.0. The SMILES string of the molecule is CCC(CN)CC(=O)Nc1cc(S(N)(=O)=O)cc(C)c1C. The van der Waals surface area contributed by atoms with E-state index in [0.717, 1.165) is 17.5 Å². The van der Waals surface area contributed by atoms with Gasteiger partial charge in [-0.2, -0.15) is 0 Å². The van der Waals surface area contributed by atoms with E-state index in [-0.39, 0.29) is 16.7 Å². The van der Waals surface area contributed by atoms with E-state index in [2.05, 4.69) is 5.32 Å². The van der Waals surface area contributed by atoms with Gasteiger partial charge >= 0.3 is 0 Å². The standard InChI is InChI=1S/C14H23N3O3S/c1-4-11(8-15)6-14(18)17-13-7-12(21(16,19)20)5-9(2)10(13)3/h5,7,11H,4,6,8,15H2,1-3H3,(H,17,18)(H2,16,19,20). The summed E-state index contributed by atoms with van der Waals surface area (Å²) < 4.78 is 22.9. The van der Waals surface area contributed by atoms with Crippen LogP contribution in [0.1, 0.15) is 30.9 Å². The van der Waals surface area contributed by atoms with Gasteiger partial charge in [0.1, 0.15) is 0 Å². The average molecular weight is 313 g/mol. The van der Waals surface area contributed by atoms with Gasteiger partial charge in [-0.3, -0.25) is 4.79 Å². The third kappa shape index (κ3) is 4.80. The molecule has 0 aliphatic carbocycles. The van der Waals surface area contributed by atoms with Crippen molar-refractivity contribution in [2.75, 3.05) is 11.9 Å². The summed E-state index contributed by atoms with van der Waals surface area (Å²) in [5.41, 5.74) is 7.62. The first kappa shape index (κ1) is 17.6. The molecule has 1 unspecified atom stereocenters. The van der Waals surface area contributed by atoms with E-state index in [1.54, 1.807) is 6.92 Å². The fraction of sp³-hybridized carbons (Fsp3) is 0.500. The second kappa shape index (κ2) is 7.02. The lowest BCUT2D eigenvalue weighted by molar-refractivity contribution is -0.117. The van der Waals surface area contributed by atoms with Crippen LogP contribution in [-0.4, -0.2) is 20.9 Å². The highest BCUT2D eigenvalue weighted by Crippen LogP contribution is 2.24. The van der Waals surface area contributed by atoms with Crippen LogP contribution in [0.4, 0.5) is 5.69 Å². The molecule has 0 fully saturated rings.